The molecule has 1 atom stereocenters. The van der Waals surface area contributed by atoms with Crippen LogP contribution in [0.4, 0.5) is 8.78 Å². The lowest BCUT2D eigenvalue weighted by atomic mass is 9.85. The fourth-order valence-corrected chi connectivity index (χ4v) is 1.97. The average Bonchev–Trinajstić information content (AvgIpc) is 2.65. The zero-order chi connectivity index (χ0) is 10.9. The van der Waals surface area contributed by atoms with Gasteiger partial charge in [-0.25, -0.2) is 8.78 Å². The Morgan fingerprint density at radius 2 is 2.27 bits per heavy atom. The summed E-state index contributed by atoms with van der Waals surface area (Å²) in [6.07, 6.45) is 1.63. The zero-order valence-corrected chi connectivity index (χ0v) is 8.81. The van der Waals surface area contributed by atoms with Crippen molar-refractivity contribution in [2.45, 2.75) is 43.4 Å². The third kappa shape index (κ3) is 2.12. The lowest BCUT2D eigenvalue weighted by Gasteiger charge is -2.28. The molecule has 1 aliphatic rings. The molecule has 0 bridgehead atoms. The first-order chi connectivity index (χ1) is 7.13. The maximum atomic E-state index is 13.5. The van der Waals surface area contributed by atoms with E-state index in [-0.39, 0.29) is 24.0 Å². The molecule has 0 aromatic carbocycles. The van der Waals surface area contributed by atoms with Crippen molar-refractivity contribution < 1.29 is 13.3 Å². The number of hydrogen-bond acceptors (Lipinski definition) is 3. The van der Waals surface area contributed by atoms with Crippen molar-refractivity contribution in [1.29, 1.82) is 0 Å². The highest BCUT2D eigenvalue weighted by atomic mass is 35.5. The molecular weight excluding hydrogens is 226 g/mol. The van der Waals surface area contributed by atoms with Gasteiger partial charge in [0.05, 0.1) is 5.88 Å². The fraction of sp³-hybridized carbons (Fsp3) is 0.778. The maximum Gasteiger partial charge on any atom is 0.259 e. The van der Waals surface area contributed by atoms with E-state index in [0.29, 0.717) is 12.8 Å². The van der Waals surface area contributed by atoms with Crippen molar-refractivity contribution in [3.05, 3.63) is 11.7 Å². The summed E-state index contributed by atoms with van der Waals surface area (Å²) in [4.78, 5) is 3.86. The number of aromatic nitrogens is 2. The van der Waals surface area contributed by atoms with Crippen LogP contribution in [0.2, 0.25) is 0 Å². The molecule has 2 rings (SSSR count). The summed E-state index contributed by atoms with van der Waals surface area (Å²) >= 11 is 5.48. The van der Waals surface area contributed by atoms with E-state index in [1.54, 1.807) is 0 Å². The van der Waals surface area contributed by atoms with Gasteiger partial charge >= 0.3 is 0 Å². The van der Waals surface area contributed by atoms with Crippen molar-refractivity contribution in [3.8, 4) is 0 Å². The van der Waals surface area contributed by atoms with Crippen molar-refractivity contribution >= 4 is 11.6 Å². The van der Waals surface area contributed by atoms with Crippen LogP contribution in [0.25, 0.3) is 0 Å². The Labute approximate surface area is 90.8 Å². The minimum Gasteiger partial charge on any atom is -0.339 e. The Balaban J connectivity index is 2.21. The minimum atomic E-state index is -2.73. The van der Waals surface area contributed by atoms with E-state index in [1.165, 1.54) is 0 Å². The molecule has 1 unspecified atom stereocenters. The smallest absolute Gasteiger partial charge is 0.259 e. The monoisotopic (exact) mass is 236 g/mol. The van der Waals surface area contributed by atoms with Gasteiger partial charge in [0.25, 0.3) is 5.92 Å². The molecule has 84 valence electrons. The van der Waals surface area contributed by atoms with E-state index < -0.39 is 11.8 Å². The summed E-state index contributed by atoms with van der Waals surface area (Å²) in [7, 11) is 0. The third-order valence-corrected chi connectivity index (χ3v) is 2.90. The molecule has 0 N–H and O–H groups in total. The summed E-state index contributed by atoms with van der Waals surface area (Å²) in [5, 5.41) is 3.52. The Morgan fingerprint density at radius 1 is 1.47 bits per heavy atom. The standard InChI is InChI=1S/C9H11ClF2N2O/c10-5-7-13-8(15-14-7)6-3-1-2-4-9(6,11)12/h6H,1-5H2. The van der Waals surface area contributed by atoms with Gasteiger partial charge in [0.2, 0.25) is 5.89 Å². The van der Waals surface area contributed by atoms with Crippen LogP contribution in [-0.4, -0.2) is 16.1 Å². The SMILES string of the molecule is FC1(F)CCCCC1c1nc(CCl)no1. The second-order valence-electron chi connectivity index (χ2n) is 3.74. The van der Waals surface area contributed by atoms with Gasteiger partial charge in [-0.15, -0.1) is 11.6 Å². The number of halogens is 3. The molecule has 6 heteroatoms. The second-order valence-corrected chi connectivity index (χ2v) is 4.01. The number of nitrogens with zero attached hydrogens (tertiary/aromatic N) is 2. The summed E-state index contributed by atoms with van der Waals surface area (Å²) < 4.78 is 31.8. The molecule has 0 saturated heterocycles. The number of rotatable bonds is 2. The summed E-state index contributed by atoms with van der Waals surface area (Å²) in [5.41, 5.74) is 0. The Kier molecular flexibility index (Phi) is 2.91. The van der Waals surface area contributed by atoms with Crippen LogP contribution in [0.1, 0.15) is 43.3 Å². The van der Waals surface area contributed by atoms with Crippen molar-refractivity contribution in [1.82, 2.24) is 10.1 Å². The van der Waals surface area contributed by atoms with Crippen LogP contribution in [-0.2, 0) is 5.88 Å². The van der Waals surface area contributed by atoms with Gasteiger partial charge in [-0.3, -0.25) is 0 Å². The molecule has 0 aliphatic heterocycles. The van der Waals surface area contributed by atoms with Crippen LogP contribution in [0.5, 0.6) is 0 Å². The van der Waals surface area contributed by atoms with Crippen LogP contribution in [0.3, 0.4) is 0 Å². The van der Waals surface area contributed by atoms with Crippen LogP contribution in [0, 0.1) is 0 Å². The van der Waals surface area contributed by atoms with Gasteiger partial charge in [0.15, 0.2) is 5.82 Å². The Hall–Kier alpha value is -0.710. The first kappa shape index (κ1) is 10.8. The van der Waals surface area contributed by atoms with Crippen LogP contribution in [0.15, 0.2) is 4.52 Å². The summed E-state index contributed by atoms with van der Waals surface area (Å²) in [5.74, 6) is -3.28. The van der Waals surface area contributed by atoms with Gasteiger partial charge in [0.1, 0.15) is 5.92 Å². The van der Waals surface area contributed by atoms with Gasteiger partial charge in [-0.1, -0.05) is 11.6 Å². The first-order valence-corrected chi connectivity index (χ1v) is 5.43. The Morgan fingerprint density at radius 3 is 2.87 bits per heavy atom. The zero-order valence-electron chi connectivity index (χ0n) is 8.05. The molecule has 1 aromatic heterocycles. The molecule has 15 heavy (non-hydrogen) atoms. The molecule has 1 saturated carbocycles. The highest BCUT2D eigenvalue weighted by molar-refractivity contribution is 6.16. The quantitative estimate of drug-likeness (QED) is 0.741. The van der Waals surface area contributed by atoms with Gasteiger partial charge in [0, 0.05) is 6.42 Å². The van der Waals surface area contributed by atoms with Crippen molar-refractivity contribution in [2.24, 2.45) is 0 Å². The highest BCUT2D eigenvalue weighted by Gasteiger charge is 2.45. The van der Waals surface area contributed by atoms with Gasteiger partial charge in [-0.05, 0) is 12.8 Å². The van der Waals surface area contributed by atoms with E-state index in [0.717, 1.165) is 6.42 Å². The van der Waals surface area contributed by atoms with E-state index in [4.69, 9.17) is 16.1 Å². The lowest BCUT2D eigenvalue weighted by Crippen LogP contribution is -2.30. The number of alkyl halides is 3. The molecule has 1 heterocycles. The van der Waals surface area contributed by atoms with Crippen LogP contribution < -0.4 is 0 Å². The fourth-order valence-electron chi connectivity index (χ4n) is 1.86. The van der Waals surface area contributed by atoms with E-state index >= 15 is 0 Å². The molecule has 0 amide bonds. The second kappa shape index (κ2) is 4.04. The van der Waals surface area contributed by atoms with Gasteiger partial charge in [-0.2, -0.15) is 4.98 Å². The van der Waals surface area contributed by atoms with Crippen molar-refractivity contribution in [3.63, 3.8) is 0 Å². The molecule has 0 radical (unpaired) electrons. The molecule has 3 nitrogen and oxygen atoms in total. The topological polar surface area (TPSA) is 38.9 Å². The van der Waals surface area contributed by atoms with Crippen molar-refractivity contribution in [2.75, 3.05) is 0 Å². The maximum absolute atomic E-state index is 13.5. The molecule has 1 aromatic rings. The predicted octanol–water partition coefficient (Wildman–Crippen LogP) is 3.10. The van der Waals surface area contributed by atoms with E-state index in [9.17, 15) is 8.78 Å². The summed E-state index contributed by atoms with van der Waals surface area (Å²) in [6, 6.07) is 0. The predicted molar refractivity (Wildman–Crippen MR) is 50.0 cm³/mol. The molecule has 1 fully saturated rings. The van der Waals surface area contributed by atoms with E-state index in [2.05, 4.69) is 10.1 Å². The first-order valence-electron chi connectivity index (χ1n) is 4.90. The van der Waals surface area contributed by atoms with Gasteiger partial charge < -0.3 is 4.52 Å². The van der Waals surface area contributed by atoms with E-state index in [1.807, 2.05) is 0 Å². The molecular formula is C9H11ClF2N2O. The summed E-state index contributed by atoms with van der Waals surface area (Å²) in [6.45, 7) is 0. The molecule has 1 aliphatic carbocycles. The number of hydrogen-bond donors (Lipinski definition) is 0. The highest BCUT2D eigenvalue weighted by Crippen LogP contribution is 2.43. The average molecular weight is 237 g/mol. The molecule has 0 spiro atoms. The lowest BCUT2D eigenvalue weighted by molar-refractivity contribution is -0.0630. The minimum absolute atomic E-state index is 0.0235. The third-order valence-electron chi connectivity index (χ3n) is 2.66. The largest absolute Gasteiger partial charge is 0.339 e. The van der Waals surface area contributed by atoms with Crippen LogP contribution >= 0.6 is 11.6 Å². The Bertz CT molecular complexity index is 343. The normalized spacial score (nSPS) is 25.4.